The molecule has 0 fully saturated rings. The number of nitrogens with zero attached hydrogens (tertiary/aromatic N) is 1. The van der Waals surface area contributed by atoms with E-state index in [4.69, 9.17) is 9.72 Å². The summed E-state index contributed by atoms with van der Waals surface area (Å²) in [7, 11) is 0. The largest absolute Gasteiger partial charge is 0.452 e. The van der Waals surface area contributed by atoms with Crippen molar-refractivity contribution in [1.29, 1.82) is 0 Å². The number of esters is 1. The maximum Gasteiger partial charge on any atom is 0.339 e. The fourth-order valence-electron chi connectivity index (χ4n) is 4.49. The van der Waals surface area contributed by atoms with Crippen molar-refractivity contribution < 1.29 is 14.3 Å². The number of aromatic nitrogens is 1. The van der Waals surface area contributed by atoms with Gasteiger partial charge in [-0.1, -0.05) is 58.9 Å². The number of thiophene rings is 1. The lowest BCUT2D eigenvalue weighted by Gasteiger charge is -2.36. The van der Waals surface area contributed by atoms with Crippen molar-refractivity contribution in [3.8, 4) is 0 Å². The molecule has 1 aliphatic rings. The number of fused-ring (bicyclic) bond motifs is 2. The Morgan fingerprint density at radius 1 is 1.17 bits per heavy atom. The molecule has 2 aromatic heterocycles. The highest BCUT2D eigenvalue weighted by Crippen LogP contribution is 2.45. The Labute approximate surface area is 211 Å². The molecule has 0 radical (unpaired) electrons. The summed E-state index contributed by atoms with van der Waals surface area (Å²) in [4.78, 5) is 31.9. The van der Waals surface area contributed by atoms with Crippen LogP contribution in [-0.2, 0) is 16.0 Å². The summed E-state index contributed by atoms with van der Waals surface area (Å²) in [5, 5.41) is 5.65. The van der Waals surface area contributed by atoms with Gasteiger partial charge in [0.05, 0.1) is 16.8 Å². The van der Waals surface area contributed by atoms with Crippen LogP contribution in [-0.4, -0.2) is 30.0 Å². The van der Waals surface area contributed by atoms with Crippen LogP contribution in [0.5, 0.6) is 0 Å². The highest BCUT2D eigenvalue weighted by atomic mass is 32.1. The van der Waals surface area contributed by atoms with Gasteiger partial charge in [-0.2, -0.15) is 0 Å². The molecule has 1 aliphatic carbocycles. The molecule has 0 saturated carbocycles. The summed E-state index contributed by atoms with van der Waals surface area (Å²) in [6.07, 6.45) is 3.84. The third kappa shape index (κ3) is 5.81. The molecule has 4 rings (SSSR count). The van der Waals surface area contributed by atoms with Crippen LogP contribution in [0.3, 0.4) is 0 Å². The molecule has 1 aromatic carbocycles. The zero-order valence-electron chi connectivity index (χ0n) is 21.2. The van der Waals surface area contributed by atoms with E-state index in [1.165, 1.54) is 4.88 Å². The van der Waals surface area contributed by atoms with Crippen LogP contribution < -0.4 is 5.32 Å². The number of hydrogen-bond acceptors (Lipinski definition) is 5. The fourth-order valence-corrected chi connectivity index (χ4v) is 5.17. The maximum absolute atomic E-state index is 13.5. The average Bonchev–Trinajstić information content (AvgIpc) is 3.32. The number of rotatable bonds is 6. The number of benzene rings is 1. The molecule has 35 heavy (non-hydrogen) atoms. The lowest BCUT2D eigenvalue weighted by Crippen LogP contribution is -2.32. The standard InChI is InChI=1S/C29H34N2O3S/c1-18(2)16-30-25(32)17-34-28(33)26-22-10-6-7-11-24(22)31-27-19(14-21-9-8-12-35-21)13-20(15-23(26)27)29(3,4)5/h6-12,14,18,20H,13,15-17H2,1-5H3,(H,30,32). The molecular formula is C29H34N2O3S. The van der Waals surface area contributed by atoms with E-state index in [0.29, 0.717) is 23.9 Å². The monoisotopic (exact) mass is 490 g/mol. The first-order valence-corrected chi connectivity index (χ1v) is 13.1. The molecule has 2 heterocycles. The fraction of sp³-hybridized carbons (Fsp3) is 0.414. The Balaban J connectivity index is 1.79. The normalized spacial score (nSPS) is 17.0. The first kappa shape index (κ1) is 25.1. The molecular weight excluding hydrogens is 456 g/mol. The first-order valence-electron chi connectivity index (χ1n) is 12.2. The van der Waals surface area contributed by atoms with Crippen molar-refractivity contribution in [2.24, 2.45) is 17.3 Å². The van der Waals surface area contributed by atoms with Gasteiger partial charge in [0, 0.05) is 16.8 Å². The number of para-hydroxylation sites is 1. The number of nitrogens with one attached hydrogen (secondary N) is 1. The zero-order chi connectivity index (χ0) is 25.2. The van der Waals surface area contributed by atoms with Crippen molar-refractivity contribution >= 4 is 45.8 Å². The number of pyridine rings is 1. The van der Waals surface area contributed by atoms with Crippen LogP contribution >= 0.6 is 11.3 Å². The van der Waals surface area contributed by atoms with Crippen LogP contribution in [0.1, 0.15) is 67.5 Å². The van der Waals surface area contributed by atoms with E-state index in [0.717, 1.165) is 40.6 Å². The van der Waals surface area contributed by atoms with E-state index < -0.39 is 5.97 Å². The van der Waals surface area contributed by atoms with Crippen LogP contribution in [0.25, 0.3) is 22.6 Å². The molecule has 184 valence electrons. The van der Waals surface area contributed by atoms with Gasteiger partial charge in [-0.3, -0.25) is 4.79 Å². The molecule has 3 aromatic rings. The molecule has 0 aliphatic heterocycles. The topological polar surface area (TPSA) is 68.3 Å². The van der Waals surface area contributed by atoms with Gasteiger partial charge < -0.3 is 10.1 Å². The Morgan fingerprint density at radius 2 is 1.94 bits per heavy atom. The van der Waals surface area contributed by atoms with E-state index in [2.05, 4.69) is 43.6 Å². The van der Waals surface area contributed by atoms with Crippen molar-refractivity contribution in [2.45, 2.75) is 47.5 Å². The van der Waals surface area contributed by atoms with Crippen molar-refractivity contribution in [2.75, 3.05) is 13.2 Å². The summed E-state index contributed by atoms with van der Waals surface area (Å²) in [5.74, 6) is -0.0894. The molecule has 6 heteroatoms. The Morgan fingerprint density at radius 3 is 2.63 bits per heavy atom. The minimum Gasteiger partial charge on any atom is -0.452 e. The van der Waals surface area contributed by atoms with Crippen LogP contribution in [0, 0.1) is 17.3 Å². The molecule has 1 amide bonds. The van der Waals surface area contributed by atoms with E-state index in [9.17, 15) is 9.59 Å². The lowest BCUT2D eigenvalue weighted by atomic mass is 9.69. The van der Waals surface area contributed by atoms with E-state index in [-0.39, 0.29) is 17.9 Å². The Kier molecular flexibility index (Phi) is 7.41. The predicted octanol–water partition coefficient (Wildman–Crippen LogP) is 6.37. The Bertz CT molecular complexity index is 1250. The molecule has 0 spiro atoms. The summed E-state index contributed by atoms with van der Waals surface area (Å²) < 4.78 is 5.56. The maximum atomic E-state index is 13.5. The minimum atomic E-state index is -0.468. The molecule has 1 N–H and O–H groups in total. The summed E-state index contributed by atoms with van der Waals surface area (Å²) in [6.45, 7) is 11.0. The van der Waals surface area contributed by atoms with Crippen molar-refractivity contribution in [1.82, 2.24) is 10.3 Å². The molecule has 1 atom stereocenters. The van der Waals surface area contributed by atoms with E-state index in [1.807, 2.05) is 44.2 Å². The number of amides is 1. The van der Waals surface area contributed by atoms with E-state index in [1.54, 1.807) is 11.3 Å². The zero-order valence-corrected chi connectivity index (χ0v) is 22.0. The predicted molar refractivity (Wildman–Crippen MR) is 143 cm³/mol. The minimum absolute atomic E-state index is 0.0514. The number of carbonyl (C=O) groups excluding carboxylic acids is 2. The van der Waals surface area contributed by atoms with Gasteiger partial charge in [0.15, 0.2) is 6.61 Å². The quantitative estimate of drug-likeness (QED) is 0.408. The molecule has 1 unspecified atom stereocenters. The van der Waals surface area contributed by atoms with Crippen molar-refractivity contribution in [3.63, 3.8) is 0 Å². The third-order valence-electron chi connectivity index (χ3n) is 6.54. The highest BCUT2D eigenvalue weighted by molar-refractivity contribution is 7.10. The number of ether oxygens (including phenoxy) is 1. The number of allylic oxidation sites excluding steroid dienone is 1. The molecule has 0 bridgehead atoms. The van der Waals surface area contributed by atoms with Crippen LogP contribution in [0.15, 0.2) is 41.8 Å². The van der Waals surface area contributed by atoms with Gasteiger partial charge in [-0.05, 0) is 64.8 Å². The Hall–Kier alpha value is -2.99. The van der Waals surface area contributed by atoms with Gasteiger partial charge in [0.25, 0.3) is 5.91 Å². The number of hydrogen-bond donors (Lipinski definition) is 1. The summed E-state index contributed by atoms with van der Waals surface area (Å²) >= 11 is 1.69. The lowest BCUT2D eigenvalue weighted by molar-refractivity contribution is -0.124. The SMILES string of the molecule is CC(C)CNC(=O)COC(=O)c1c2c(nc3ccccc13)C(=Cc1cccs1)CC(C(C)(C)C)C2. The molecule has 5 nitrogen and oxygen atoms in total. The summed E-state index contributed by atoms with van der Waals surface area (Å²) in [5.41, 5.74) is 4.28. The van der Waals surface area contributed by atoms with Gasteiger partial charge in [-0.15, -0.1) is 11.3 Å². The second kappa shape index (κ2) is 10.3. The molecule has 0 saturated heterocycles. The highest BCUT2D eigenvalue weighted by Gasteiger charge is 2.35. The summed E-state index contributed by atoms with van der Waals surface area (Å²) in [6, 6.07) is 11.8. The average molecular weight is 491 g/mol. The van der Waals surface area contributed by atoms with Crippen LogP contribution in [0.2, 0.25) is 0 Å². The van der Waals surface area contributed by atoms with Gasteiger partial charge in [0.2, 0.25) is 0 Å². The van der Waals surface area contributed by atoms with Crippen LogP contribution in [0.4, 0.5) is 0 Å². The smallest absolute Gasteiger partial charge is 0.339 e. The van der Waals surface area contributed by atoms with Crippen molar-refractivity contribution in [3.05, 3.63) is 63.5 Å². The van der Waals surface area contributed by atoms with Gasteiger partial charge >= 0.3 is 5.97 Å². The number of carbonyl (C=O) groups is 2. The second-order valence-electron chi connectivity index (χ2n) is 10.8. The second-order valence-corrected chi connectivity index (χ2v) is 11.7. The van der Waals surface area contributed by atoms with Gasteiger partial charge in [-0.25, -0.2) is 9.78 Å². The first-order chi connectivity index (χ1) is 16.6. The van der Waals surface area contributed by atoms with E-state index >= 15 is 0 Å². The third-order valence-corrected chi connectivity index (χ3v) is 7.36. The van der Waals surface area contributed by atoms with Gasteiger partial charge in [0.1, 0.15) is 0 Å².